The number of unbranched alkanes of at least 4 members (excludes halogenated alkanes) is 1. The Balaban J connectivity index is 0.000000268. The number of nitrogens with zero attached hydrogens (tertiary/aromatic N) is 3. The Labute approximate surface area is 482 Å². The highest BCUT2D eigenvalue weighted by molar-refractivity contribution is 8.76. The minimum Gasteiger partial charge on any atom is -0.493 e. The number of ether oxygens (including phenoxy) is 8. The monoisotopic (exact) mass is 1180 g/mol. The number of hydrogen-bond acceptors (Lipinski definition) is 22. The average Bonchev–Trinajstić information content (AvgIpc) is 3.33. The van der Waals surface area contributed by atoms with Gasteiger partial charge in [-0.05, 0) is 125 Å². The van der Waals surface area contributed by atoms with Crippen molar-refractivity contribution < 1.29 is 81.2 Å². The summed E-state index contributed by atoms with van der Waals surface area (Å²) in [5.74, 6) is 3.83. The maximum atomic E-state index is 12.1. The molecule has 26 heteroatoms. The zero-order valence-corrected chi connectivity index (χ0v) is 48.5. The lowest BCUT2D eigenvalue weighted by Crippen LogP contribution is -2.41. The molecule has 440 valence electrons. The molecule has 23 nitrogen and oxygen atoms in total. The molecule has 1 aliphatic heterocycles. The van der Waals surface area contributed by atoms with Crippen LogP contribution in [0.25, 0.3) is 0 Å². The second-order valence-electron chi connectivity index (χ2n) is 19.3. The zero-order valence-electron chi connectivity index (χ0n) is 46.9. The molecule has 82 heavy (non-hydrogen) atoms. The van der Waals surface area contributed by atoms with Crippen LogP contribution in [-0.2, 0) is 34.9 Å². The molecule has 0 aliphatic carbocycles. The fourth-order valence-corrected chi connectivity index (χ4v) is 8.66. The number of carbonyl (C=O) groups excluding carboxylic acids is 4. The smallest absolute Gasteiger partial charge is 0.493 e. The van der Waals surface area contributed by atoms with Gasteiger partial charge in [-0.1, -0.05) is 72.2 Å². The van der Waals surface area contributed by atoms with Gasteiger partial charge in [0.15, 0.2) is 11.5 Å². The molecule has 0 aromatic heterocycles. The number of nitro groups is 3. The summed E-state index contributed by atoms with van der Waals surface area (Å²) in [4.78, 5) is 76.1. The summed E-state index contributed by atoms with van der Waals surface area (Å²) in [7, 11) is 4.15. The van der Waals surface area contributed by atoms with E-state index < -0.39 is 57.7 Å². The fourth-order valence-electron chi connectivity index (χ4n) is 6.74. The van der Waals surface area contributed by atoms with E-state index >= 15 is 0 Å². The number of Topliss-reactive ketones (excluding diaryl/α,β-unsaturated/α-hetero) is 1. The first-order valence-electron chi connectivity index (χ1n) is 25.7. The molecule has 1 aliphatic rings. The summed E-state index contributed by atoms with van der Waals surface area (Å²) in [6.45, 7) is 16.4. The Morgan fingerprint density at radius 2 is 1.07 bits per heavy atom. The molecule has 0 radical (unpaired) electrons. The Kier molecular flexibility index (Phi) is 26.9. The Hall–Kier alpha value is -7.94. The first-order chi connectivity index (χ1) is 38.9. The molecule has 6 rings (SSSR count). The number of ketones is 1. The number of methoxy groups -OCH3 is 1. The van der Waals surface area contributed by atoms with Crippen LogP contribution in [0.2, 0.25) is 0 Å². The van der Waals surface area contributed by atoms with Crippen LogP contribution < -0.4 is 29.1 Å². The molecule has 5 aromatic rings. The summed E-state index contributed by atoms with van der Waals surface area (Å²) in [6, 6.07) is 28.2. The Bertz CT molecular complexity index is 2880. The van der Waals surface area contributed by atoms with Crippen LogP contribution in [0.4, 0.5) is 31.4 Å². The number of hydrogen-bond donors (Lipinski definition) is 0. The van der Waals surface area contributed by atoms with Crippen molar-refractivity contribution >= 4 is 75.5 Å². The van der Waals surface area contributed by atoms with Crippen LogP contribution in [0.1, 0.15) is 98.3 Å². The van der Waals surface area contributed by atoms with Gasteiger partial charge < -0.3 is 47.2 Å². The molecule has 1 unspecified atom stereocenters. The maximum absolute atomic E-state index is 12.1. The minimum absolute atomic E-state index is 0.0233. The third-order valence-electron chi connectivity index (χ3n) is 12.0. The number of rotatable bonds is 25. The van der Waals surface area contributed by atoms with Gasteiger partial charge in [0.25, 0.3) is 17.1 Å². The topological polar surface area (TPSA) is 290 Å². The van der Waals surface area contributed by atoms with Crippen LogP contribution in [0.3, 0.4) is 0 Å². The highest BCUT2D eigenvalue weighted by Gasteiger charge is 2.51. The molecule has 0 bridgehead atoms. The summed E-state index contributed by atoms with van der Waals surface area (Å²) in [5.41, 5.74) is 1.26. The maximum Gasteiger partial charge on any atom is 0.514 e. The molecular weight excluding hydrogens is 1110 g/mol. The molecule has 0 saturated carbocycles. The molecule has 1 saturated heterocycles. The van der Waals surface area contributed by atoms with Gasteiger partial charge in [-0.25, -0.2) is 14.4 Å². The molecule has 0 amide bonds. The quantitative estimate of drug-likeness (QED) is 0.00766. The highest BCUT2D eigenvalue weighted by atomic mass is 33.1. The highest BCUT2D eigenvalue weighted by Crippen LogP contribution is 2.37. The summed E-state index contributed by atoms with van der Waals surface area (Å²) in [5, 5.41) is 31.8. The van der Waals surface area contributed by atoms with Crippen LogP contribution in [0, 0.1) is 36.3 Å². The third kappa shape index (κ3) is 23.3. The third-order valence-corrected chi connectivity index (χ3v) is 14.3. The summed E-state index contributed by atoms with van der Waals surface area (Å²) in [6.07, 6.45) is 0.518. The van der Waals surface area contributed by atoms with Gasteiger partial charge in [0, 0.05) is 54.3 Å². The number of non-ortho nitro benzene ring substituents is 3. The first-order valence-corrected chi connectivity index (χ1v) is 28.1. The van der Waals surface area contributed by atoms with Gasteiger partial charge in [-0.3, -0.25) is 35.1 Å². The first kappa shape index (κ1) is 66.6. The summed E-state index contributed by atoms with van der Waals surface area (Å²) >= 11 is 0. The van der Waals surface area contributed by atoms with Crippen molar-refractivity contribution in [3.8, 4) is 28.7 Å². The second kappa shape index (κ2) is 33.1. The van der Waals surface area contributed by atoms with E-state index in [1.165, 1.54) is 90.0 Å². The summed E-state index contributed by atoms with van der Waals surface area (Å²) < 4.78 is 53.4. The van der Waals surface area contributed by atoms with Crippen molar-refractivity contribution in [1.29, 1.82) is 0 Å². The molecule has 1 atom stereocenters. The Morgan fingerprint density at radius 3 is 1.54 bits per heavy atom. The van der Waals surface area contributed by atoms with E-state index in [0.29, 0.717) is 41.8 Å². The Morgan fingerprint density at radius 1 is 0.598 bits per heavy atom. The van der Waals surface area contributed by atoms with Crippen LogP contribution in [-0.4, -0.2) is 89.2 Å². The molecule has 1 fully saturated rings. The van der Waals surface area contributed by atoms with E-state index in [0.717, 1.165) is 29.6 Å². The minimum atomic E-state index is -0.911. The molecule has 0 N–H and O–H groups in total. The fraction of sp³-hybridized carbons (Fsp3) is 0.393. The zero-order chi connectivity index (χ0) is 60.4. The lowest BCUT2D eigenvalue weighted by molar-refractivity contribution is -0.385. The predicted molar refractivity (Wildman–Crippen MR) is 307 cm³/mol. The lowest BCUT2D eigenvalue weighted by atomic mass is 9.79. The van der Waals surface area contributed by atoms with Crippen molar-refractivity contribution in [2.24, 2.45) is 5.92 Å². The van der Waals surface area contributed by atoms with E-state index in [-0.39, 0.29) is 53.3 Å². The largest absolute Gasteiger partial charge is 0.514 e. The number of carbonyl (C=O) groups is 4. The predicted octanol–water partition coefficient (Wildman–Crippen LogP) is 13.2. The van der Waals surface area contributed by atoms with Crippen molar-refractivity contribution in [1.82, 2.24) is 0 Å². The van der Waals surface area contributed by atoms with E-state index in [1.807, 2.05) is 52.0 Å². The molecule has 0 spiro atoms. The standard InChI is InChI=1S/C23H29NO7.C20H22BNO7.C13H15NO6S2/c1-16(2)7-5-6-14-29-21-13-8-18(15-22(21)28-4)17(3)30-23(25)31-20-11-9-19(10-12-20)24(26)27;1-19(2)20(3,4)29-21(28-19)15-7-5-14(6-8-15)13-26-18(23)27-17-11-9-16(10-12-17)22(24)25;1-10(15)6-8-21-22-9-7-19-13(16)20-12-4-2-11(3-5-12)14(17)18/h8-13,15-17H,5-7,14H2,1-4H3;5-12H,13H2,1-4H3;2-5H,6-9H2,1H3. The number of nitro benzene ring substituents is 3. The van der Waals surface area contributed by atoms with Gasteiger partial charge in [0.05, 0.1) is 39.7 Å². The van der Waals surface area contributed by atoms with Gasteiger partial charge in [0.1, 0.15) is 42.3 Å². The van der Waals surface area contributed by atoms with E-state index in [2.05, 4.69) is 13.8 Å². The van der Waals surface area contributed by atoms with Crippen LogP contribution in [0.5, 0.6) is 28.7 Å². The molecule has 1 heterocycles. The van der Waals surface area contributed by atoms with E-state index in [9.17, 15) is 49.5 Å². The van der Waals surface area contributed by atoms with Crippen molar-refractivity contribution in [3.05, 3.63) is 157 Å². The van der Waals surface area contributed by atoms with E-state index in [4.69, 9.17) is 47.2 Å². The van der Waals surface area contributed by atoms with Gasteiger partial charge in [0.2, 0.25) is 0 Å². The van der Waals surface area contributed by atoms with Crippen LogP contribution in [0.15, 0.2) is 115 Å². The van der Waals surface area contributed by atoms with Crippen molar-refractivity contribution in [2.45, 2.75) is 105 Å². The normalized spacial score (nSPS) is 13.1. The van der Waals surface area contributed by atoms with Crippen molar-refractivity contribution in [2.75, 3.05) is 31.8 Å². The average molecular weight is 1180 g/mol. The van der Waals surface area contributed by atoms with Gasteiger partial charge in [-0.2, -0.15) is 0 Å². The molecule has 5 aromatic carbocycles. The van der Waals surface area contributed by atoms with E-state index in [1.54, 1.807) is 50.0 Å². The number of benzene rings is 5. The second-order valence-corrected chi connectivity index (χ2v) is 22.0. The lowest BCUT2D eigenvalue weighted by Gasteiger charge is -2.32. The SMILES string of the molecule is CC(=O)CCSSCCOC(=O)Oc1ccc([N+](=O)[O-])cc1.CC1(C)OB(c2ccc(COC(=O)Oc3ccc([N+](=O)[O-])cc3)cc2)OC1(C)C.COc1cc(C(C)OC(=O)Oc2ccc([N+](=O)[O-])cc2)ccc1OCCCCC(C)C. The van der Waals surface area contributed by atoms with Gasteiger partial charge >= 0.3 is 25.6 Å². The molecular formula is C56H66BN3O20S2. The van der Waals surface area contributed by atoms with Gasteiger partial charge in [-0.15, -0.1) is 0 Å². The van der Waals surface area contributed by atoms with Crippen LogP contribution >= 0.6 is 21.6 Å². The van der Waals surface area contributed by atoms with Crippen molar-refractivity contribution in [3.63, 3.8) is 0 Å².